The van der Waals surface area contributed by atoms with Gasteiger partial charge < -0.3 is 10.1 Å². The summed E-state index contributed by atoms with van der Waals surface area (Å²) in [7, 11) is 1.28. The number of rotatable bonds is 7. The fourth-order valence-electron chi connectivity index (χ4n) is 2.60. The van der Waals surface area contributed by atoms with E-state index in [9.17, 15) is 14.9 Å². The molecule has 3 aromatic rings. The van der Waals surface area contributed by atoms with Crippen LogP contribution in [0.25, 0.3) is 0 Å². The van der Waals surface area contributed by atoms with Gasteiger partial charge in [0.25, 0.3) is 0 Å². The van der Waals surface area contributed by atoms with E-state index in [4.69, 9.17) is 4.74 Å². The molecule has 1 amide bonds. The van der Waals surface area contributed by atoms with Gasteiger partial charge in [-0.25, -0.2) is 0 Å². The first-order valence-corrected chi connectivity index (χ1v) is 8.08. The van der Waals surface area contributed by atoms with Crippen molar-refractivity contribution in [1.82, 2.24) is 19.6 Å². The van der Waals surface area contributed by atoms with Crippen molar-refractivity contribution in [2.75, 3.05) is 12.4 Å². The summed E-state index contributed by atoms with van der Waals surface area (Å²) in [5.74, 6) is -0.524. The number of aromatic nitrogens is 4. The molecule has 0 atom stereocenters. The number of nitro groups is 1. The molecular formula is C17H18N6O4. The molecule has 1 N–H and O–H groups in total. The lowest BCUT2D eigenvalue weighted by Crippen LogP contribution is -2.18. The topological polar surface area (TPSA) is 117 Å². The Morgan fingerprint density at radius 3 is 2.81 bits per heavy atom. The van der Waals surface area contributed by atoms with Crippen molar-refractivity contribution < 1.29 is 14.5 Å². The molecule has 0 aliphatic carbocycles. The molecule has 0 bridgehead atoms. The molecule has 0 spiro atoms. The first-order chi connectivity index (χ1) is 12.9. The maximum absolute atomic E-state index is 12.2. The Morgan fingerprint density at radius 1 is 1.33 bits per heavy atom. The van der Waals surface area contributed by atoms with Crippen molar-refractivity contribution in [2.24, 2.45) is 0 Å². The molecule has 140 valence electrons. The summed E-state index contributed by atoms with van der Waals surface area (Å²) in [6.07, 6.45) is 4.41. The number of carbonyl (C=O) groups is 1. The first kappa shape index (κ1) is 18.1. The highest BCUT2D eigenvalue weighted by Gasteiger charge is 2.21. The van der Waals surface area contributed by atoms with E-state index in [1.807, 2.05) is 25.1 Å². The van der Waals surface area contributed by atoms with Gasteiger partial charge in [-0.15, -0.1) is 5.10 Å². The average Bonchev–Trinajstić information content (AvgIpc) is 3.21. The molecule has 10 nitrogen and oxygen atoms in total. The zero-order valence-corrected chi connectivity index (χ0v) is 14.8. The van der Waals surface area contributed by atoms with Crippen LogP contribution < -0.4 is 10.1 Å². The Hall–Kier alpha value is -3.69. The van der Waals surface area contributed by atoms with Crippen molar-refractivity contribution >= 4 is 17.3 Å². The second-order valence-corrected chi connectivity index (χ2v) is 5.94. The summed E-state index contributed by atoms with van der Waals surface area (Å²) in [4.78, 5) is 22.4. The van der Waals surface area contributed by atoms with Crippen LogP contribution in [0.2, 0.25) is 0 Å². The van der Waals surface area contributed by atoms with E-state index >= 15 is 0 Å². The Kier molecular flexibility index (Phi) is 5.15. The van der Waals surface area contributed by atoms with Crippen LogP contribution in [0.3, 0.4) is 0 Å². The largest absolute Gasteiger partial charge is 0.475 e. The standard InChI is InChI=1S/C17H18N6O4/c1-12-4-3-5-13(6-12)8-21-9-14(7-18-21)19-16(24)11-22-10-15(23(25)26)17(20-22)27-2/h3-7,9-10H,8,11H2,1-2H3,(H,19,24). The van der Waals surface area contributed by atoms with Crippen LogP contribution in [0, 0.1) is 17.0 Å². The lowest BCUT2D eigenvalue weighted by Gasteiger charge is -2.03. The molecule has 0 saturated heterocycles. The predicted molar refractivity (Wildman–Crippen MR) is 96.6 cm³/mol. The fraction of sp³-hybridized carbons (Fsp3) is 0.235. The minimum Gasteiger partial charge on any atom is -0.475 e. The normalized spacial score (nSPS) is 10.6. The van der Waals surface area contributed by atoms with Crippen molar-refractivity contribution in [1.29, 1.82) is 0 Å². The van der Waals surface area contributed by atoms with E-state index in [2.05, 4.69) is 21.6 Å². The van der Waals surface area contributed by atoms with Gasteiger partial charge in [0.05, 0.1) is 30.5 Å². The third-order valence-corrected chi connectivity index (χ3v) is 3.75. The Morgan fingerprint density at radius 2 is 2.15 bits per heavy atom. The molecule has 3 rings (SSSR count). The average molecular weight is 370 g/mol. The van der Waals surface area contributed by atoms with Gasteiger partial charge >= 0.3 is 11.6 Å². The summed E-state index contributed by atoms with van der Waals surface area (Å²) in [5.41, 5.74) is 2.50. The second kappa shape index (κ2) is 7.68. The van der Waals surface area contributed by atoms with Crippen LogP contribution >= 0.6 is 0 Å². The molecule has 0 unspecified atom stereocenters. The monoisotopic (exact) mass is 370 g/mol. The molecule has 0 aliphatic rings. The van der Waals surface area contributed by atoms with Crippen LogP contribution in [-0.2, 0) is 17.9 Å². The van der Waals surface area contributed by atoms with Crippen molar-refractivity contribution in [2.45, 2.75) is 20.0 Å². The summed E-state index contributed by atoms with van der Waals surface area (Å²) in [6, 6.07) is 8.07. The SMILES string of the molecule is COc1nn(CC(=O)Nc2cnn(Cc3cccc(C)c3)c2)cc1[N+](=O)[O-]. The number of methoxy groups -OCH3 is 1. The Bertz CT molecular complexity index is 977. The Labute approximate surface area is 154 Å². The number of nitrogens with one attached hydrogen (secondary N) is 1. The number of amides is 1. The molecule has 0 radical (unpaired) electrons. The molecule has 2 aromatic heterocycles. The first-order valence-electron chi connectivity index (χ1n) is 8.08. The molecular weight excluding hydrogens is 352 g/mol. The predicted octanol–water partition coefficient (Wildman–Crippen LogP) is 1.99. The van der Waals surface area contributed by atoms with Crippen LogP contribution in [0.4, 0.5) is 11.4 Å². The summed E-state index contributed by atoms with van der Waals surface area (Å²) >= 11 is 0. The van der Waals surface area contributed by atoms with E-state index in [1.165, 1.54) is 7.11 Å². The van der Waals surface area contributed by atoms with Crippen molar-refractivity contribution in [3.05, 3.63) is 64.1 Å². The van der Waals surface area contributed by atoms with Gasteiger partial charge in [-0.05, 0) is 12.5 Å². The summed E-state index contributed by atoms with van der Waals surface area (Å²) < 4.78 is 7.71. The highest BCUT2D eigenvalue weighted by molar-refractivity contribution is 5.90. The number of benzene rings is 1. The van der Waals surface area contributed by atoms with E-state index in [1.54, 1.807) is 17.1 Å². The lowest BCUT2D eigenvalue weighted by atomic mass is 10.1. The quantitative estimate of drug-likeness (QED) is 0.502. The van der Waals surface area contributed by atoms with Gasteiger partial charge in [0.15, 0.2) is 0 Å². The molecule has 2 heterocycles. The number of hydrogen-bond donors (Lipinski definition) is 1. The number of ether oxygens (including phenoxy) is 1. The second-order valence-electron chi connectivity index (χ2n) is 5.94. The minimum atomic E-state index is -0.616. The smallest absolute Gasteiger partial charge is 0.350 e. The molecule has 1 aromatic carbocycles. The fourth-order valence-corrected chi connectivity index (χ4v) is 2.60. The molecule has 0 saturated carbocycles. The van der Waals surface area contributed by atoms with E-state index in [-0.39, 0.29) is 24.0 Å². The molecule has 10 heteroatoms. The molecule has 0 fully saturated rings. The number of carbonyl (C=O) groups excluding carboxylic acids is 1. The zero-order valence-electron chi connectivity index (χ0n) is 14.8. The summed E-state index contributed by atoms with van der Waals surface area (Å²) in [5, 5.41) is 21.7. The number of hydrogen-bond acceptors (Lipinski definition) is 6. The van der Waals surface area contributed by atoms with E-state index < -0.39 is 4.92 Å². The van der Waals surface area contributed by atoms with Gasteiger partial charge in [-0.2, -0.15) is 5.10 Å². The molecule has 27 heavy (non-hydrogen) atoms. The number of anilines is 1. The van der Waals surface area contributed by atoms with Crippen LogP contribution in [0.15, 0.2) is 42.9 Å². The number of nitrogens with zero attached hydrogens (tertiary/aromatic N) is 5. The third-order valence-electron chi connectivity index (χ3n) is 3.75. The summed E-state index contributed by atoms with van der Waals surface area (Å²) in [6.45, 7) is 2.42. The van der Waals surface area contributed by atoms with E-state index in [0.717, 1.165) is 22.0 Å². The number of aryl methyl sites for hydroxylation is 1. The van der Waals surface area contributed by atoms with Crippen LogP contribution in [0.1, 0.15) is 11.1 Å². The van der Waals surface area contributed by atoms with E-state index in [0.29, 0.717) is 12.2 Å². The van der Waals surface area contributed by atoms with Gasteiger partial charge in [0.1, 0.15) is 12.7 Å². The highest BCUT2D eigenvalue weighted by atomic mass is 16.6. The maximum atomic E-state index is 12.2. The van der Waals surface area contributed by atoms with Gasteiger partial charge in [-0.3, -0.25) is 24.3 Å². The van der Waals surface area contributed by atoms with Crippen LogP contribution in [0.5, 0.6) is 5.88 Å². The third kappa shape index (κ3) is 4.48. The maximum Gasteiger partial charge on any atom is 0.350 e. The van der Waals surface area contributed by atoms with Gasteiger partial charge in [0, 0.05) is 6.20 Å². The van der Waals surface area contributed by atoms with Gasteiger partial charge in [0.2, 0.25) is 5.91 Å². The van der Waals surface area contributed by atoms with Crippen LogP contribution in [-0.4, -0.2) is 37.5 Å². The van der Waals surface area contributed by atoms with Gasteiger partial charge in [-0.1, -0.05) is 29.8 Å². The van der Waals surface area contributed by atoms with Crippen molar-refractivity contribution in [3.8, 4) is 5.88 Å². The van der Waals surface area contributed by atoms with Crippen molar-refractivity contribution in [3.63, 3.8) is 0 Å². The zero-order chi connectivity index (χ0) is 19.4. The molecule has 0 aliphatic heterocycles. The Balaban J connectivity index is 1.62. The lowest BCUT2D eigenvalue weighted by molar-refractivity contribution is -0.385. The minimum absolute atomic E-state index is 0.140. The highest BCUT2D eigenvalue weighted by Crippen LogP contribution is 2.23.